The highest BCUT2D eigenvalue weighted by atomic mass is 16.4. The largest absolute Gasteiger partial charge is 0.409 e. The lowest BCUT2D eigenvalue weighted by molar-refractivity contribution is -0.121. The Hall–Kier alpha value is -2.04. The van der Waals surface area contributed by atoms with Crippen LogP contribution in [0.3, 0.4) is 0 Å². The molecule has 0 aliphatic rings. The molecule has 0 aliphatic carbocycles. The van der Waals surface area contributed by atoms with Crippen molar-refractivity contribution in [1.82, 2.24) is 5.32 Å². The Morgan fingerprint density at radius 3 is 2.55 bits per heavy atom. The van der Waals surface area contributed by atoms with Gasteiger partial charge in [-0.1, -0.05) is 30.3 Å². The second kappa shape index (κ2) is 6.41. The van der Waals surface area contributed by atoms with Crippen molar-refractivity contribution in [1.29, 1.82) is 0 Å². The van der Waals surface area contributed by atoms with Gasteiger partial charge in [0.2, 0.25) is 5.91 Å². The Morgan fingerprint density at radius 1 is 1.40 bits per heavy atom. The minimum atomic E-state index is -0.828. The van der Waals surface area contributed by atoms with E-state index in [9.17, 15) is 4.79 Å². The summed E-state index contributed by atoms with van der Waals surface area (Å²) in [7, 11) is 0. The number of amidine groups is 1. The molecular formula is C15H23N3O2. The van der Waals surface area contributed by atoms with Crippen LogP contribution in [-0.4, -0.2) is 22.5 Å². The topological polar surface area (TPSA) is 87.7 Å². The first-order chi connectivity index (χ1) is 9.32. The maximum atomic E-state index is 12.1. The lowest BCUT2D eigenvalue weighted by atomic mass is 9.96. The Balaban J connectivity index is 2.79. The van der Waals surface area contributed by atoms with Gasteiger partial charge >= 0.3 is 0 Å². The van der Waals surface area contributed by atoms with Crippen molar-refractivity contribution in [3.63, 3.8) is 0 Å². The molecule has 1 atom stereocenters. The van der Waals surface area contributed by atoms with Crippen molar-refractivity contribution >= 4 is 11.7 Å². The fourth-order valence-corrected chi connectivity index (χ4v) is 1.89. The van der Waals surface area contributed by atoms with E-state index in [4.69, 9.17) is 10.9 Å². The molecule has 5 nitrogen and oxygen atoms in total. The van der Waals surface area contributed by atoms with Gasteiger partial charge in [0.1, 0.15) is 0 Å². The smallest absolute Gasteiger partial charge is 0.225 e. The van der Waals surface area contributed by atoms with Crippen LogP contribution < -0.4 is 11.1 Å². The van der Waals surface area contributed by atoms with Gasteiger partial charge in [-0.15, -0.1) is 0 Å². The standard InChI is InChI=1S/C15H23N3O2/c1-5-15(4,14(16)18-20)17-13(19)9-12-7-6-10(2)11(3)8-12/h6-8,20H,5,9H2,1-4H3,(H2,16,18)(H,17,19). The van der Waals surface area contributed by atoms with Gasteiger partial charge in [0.25, 0.3) is 0 Å². The molecule has 1 aromatic carbocycles. The molecule has 1 aromatic rings. The van der Waals surface area contributed by atoms with Crippen molar-refractivity contribution in [2.24, 2.45) is 10.9 Å². The van der Waals surface area contributed by atoms with Gasteiger partial charge in [-0.25, -0.2) is 0 Å². The van der Waals surface area contributed by atoms with E-state index in [1.165, 1.54) is 5.56 Å². The molecule has 4 N–H and O–H groups in total. The maximum absolute atomic E-state index is 12.1. The lowest BCUT2D eigenvalue weighted by Gasteiger charge is -2.28. The molecule has 0 heterocycles. The number of hydrogen-bond acceptors (Lipinski definition) is 3. The Bertz CT molecular complexity index is 526. The molecule has 1 unspecified atom stereocenters. The Morgan fingerprint density at radius 2 is 2.05 bits per heavy atom. The van der Waals surface area contributed by atoms with E-state index in [1.54, 1.807) is 6.92 Å². The summed E-state index contributed by atoms with van der Waals surface area (Å²) in [5, 5.41) is 14.6. The molecule has 0 fully saturated rings. The summed E-state index contributed by atoms with van der Waals surface area (Å²) in [5.74, 6) is -0.141. The second-order valence-electron chi connectivity index (χ2n) is 5.31. The van der Waals surface area contributed by atoms with Crippen molar-refractivity contribution in [2.45, 2.75) is 46.1 Å². The van der Waals surface area contributed by atoms with Crippen molar-refractivity contribution < 1.29 is 10.0 Å². The van der Waals surface area contributed by atoms with Crippen LogP contribution in [0, 0.1) is 13.8 Å². The molecule has 0 aliphatic heterocycles. The summed E-state index contributed by atoms with van der Waals surface area (Å²) in [4.78, 5) is 12.1. The molecule has 0 saturated carbocycles. The van der Waals surface area contributed by atoms with E-state index in [1.807, 2.05) is 39.0 Å². The van der Waals surface area contributed by atoms with Crippen LogP contribution in [0.15, 0.2) is 23.4 Å². The molecule has 0 aromatic heterocycles. The van der Waals surface area contributed by atoms with Gasteiger partial charge in [-0.3, -0.25) is 4.79 Å². The van der Waals surface area contributed by atoms with Gasteiger partial charge in [0.15, 0.2) is 5.84 Å². The average Bonchev–Trinajstić information content (AvgIpc) is 2.41. The number of nitrogens with one attached hydrogen (secondary N) is 1. The summed E-state index contributed by atoms with van der Waals surface area (Å²) in [6.45, 7) is 7.66. The first-order valence-electron chi connectivity index (χ1n) is 6.67. The first kappa shape index (κ1) is 16.0. The van der Waals surface area contributed by atoms with Crippen molar-refractivity contribution in [3.05, 3.63) is 34.9 Å². The van der Waals surface area contributed by atoms with Crippen LogP contribution in [-0.2, 0) is 11.2 Å². The SMILES string of the molecule is CCC(C)(NC(=O)Cc1ccc(C)c(C)c1)C(N)=NO. The quantitative estimate of drug-likeness (QED) is 0.332. The molecule has 20 heavy (non-hydrogen) atoms. The summed E-state index contributed by atoms with van der Waals surface area (Å²) in [6.07, 6.45) is 0.816. The lowest BCUT2D eigenvalue weighted by Crippen LogP contribution is -2.55. The fraction of sp³-hybridized carbons (Fsp3) is 0.467. The number of hydrogen-bond donors (Lipinski definition) is 3. The molecule has 110 valence electrons. The molecule has 0 spiro atoms. The predicted octanol–water partition coefficient (Wildman–Crippen LogP) is 1.88. The zero-order valence-corrected chi connectivity index (χ0v) is 12.5. The highest BCUT2D eigenvalue weighted by Crippen LogP contribution is 2.13. The molecule has 0 bridgehead atoms. The molecule has 1 rings (SSSR count). The molecule has 1 amide bonds. The number of amides is 1. The van der Waals surface area contributed by atoms with Crippen LogP contribution in [0.1, 0.15) is 37.0 Å². The fourth-order valence-electron chi connectivity index (χ4n) is 1.89. The number of aryl methyl sites for hydroxylation is 2. The number of rotatable bonds is 5. The number of nitrogens with two attached hydrogens (primary N) is 1. The highest BCUT2D eigenvalue weighted by molar-refractivity contribution is 5.93. The van der Waals surface area contributed by atoms with Crippen molar-refractivity contribution in [2.75, 3.05) is 0 Å². The van der Waals surface area contributed by atoms with Gasteiger partial charge in [-0.05, 0) is 43.9 Å². The summed E-state index contributed by atoms with van der Waals surface area (Å²) in [5.41, 5.74) is 8.11. The molecule has 0 saturated heterocycles. The minimum Gasteiger partial charge on any atom is -0.409 e. The Kier molecular flexibility index (Phi) is 5.13. The van der Waals surface area contributed by atoms with E-state index in [2.05, 4.69) is 10.5 Å². The molecular weight excluding hydrogens is 254 g/mol. The predicted molar refractivity (Wildman–Crippen MR) is 79.9 cm³/mol. The normalized spacial score (nSPS) is 14.7. The number of carbonyl (C=O) groups excluding carboxylic acids is 1. The summed E-state index contributed by atoms with van der Waals surface area (Å²) < 4.78 is 0. The third kappa shape index (κ3) is 3.73. The maximum Gasteiger partial charge on any atom is 0.225 e. The monoisotopic (exact) mass is 277 g/mol. The molecule has 0 radical (unpaired) electrons. The summed E-state index contributed by atoms with van der Waals surface area (Å²) >= 11 is 0. The number of benzene rings is 1. The third-order valence-electron chi connectivity index (χ3n) is 3.73. The van der Waals surface area contributed by atoms with Gasteiger partial charge in [0, 0.05) is 0 Å². The van der Waals surface area contributed by atoms with Gasteiger partial charge in [0.05, 0.1) is 12.0 Å². The highest BCUT2D eigenvalue weighted by Gasteiger charge is 2.29. The van der Waals surface area contributed by atoms with E-state index in [-0.39, 0.29) is 18.2 Å². The first-order valence-corrected chi connectivity index (χ1v) is 6.67. The number of nitrogens with zero attached hydrogens (tertiary/aromatic N) is 1. The van der Waals surface area contributed by atoms with E-state index in [0.29, 0.717) is 6.42 Å². The van der Waals surface area contributed by atoms with Gasteiger partial charge in [-0.2, -0.15) is 0 Å². The average molecular weight is 277 g/mol. The molecule has 5 heteroatoms. The third-order valence-corrected chi connectivity index (χ3v) is 3.73. The summed E-state index contributed by atoms with van der Waals surface area (Å²) in [6, 6.07) is 5.94. The van der Waals surface area contributed by atoms with Crippen LogP contribution >= 0.6 is 0 Å². The van der Waals surface area contributed by atoms with Crippen LogP contribution in [0.5, 0.6) is 0 Å². The zero-order chi connectivity index (χ0) is 15.3. The zero-order valence-electron chi connectivity index (χ0n) is 12.5. The van der Waals surface area contributed by atoms with E-state index >= 15 is 0 Å². The minimum absolute atomic E-state index is 0.00781. The van der Waals surface area contributed by atoms with Crippen LogP contribution in [0.4, 0.5) is 0 Å². The second-order valence-corrected chi connectivity index (χ2v) is 5.31. The Labute approximate surface area is 119 Å². The van der Waals surface area contributed by atoms with Crippen LogP contribution in [0.25, 0.3) is 0 Å². The van der Waals surface area contributed by atoms with E-state index in [0.717, 1.165) is 11.1 Å². The van der Waals surface area contributed by atoms with Crippen molar-refractivity contribution in [3.8, 4) is 0 Å². The van der Waals surface area contributed by atoms with Crippen LogP contribution in [0.2, 0.25) is 0 Å². The van der Waals surface area contributed by atoms with Gasteiger partial charge < -0.3 is 16.3 Å². The number of carbonyl (C=O) groups is 1. The number of oxime groups is 1. The van der Waals surface area contributed by atoms with E-state index < -0.39 is 5.54 Å².